The molecular weight excluding hydrogens is 327 g/mol. The second kappa shape index (κ2) is 7.58. The van der Waals surface area contributed by atoms with Gasteiger partial charge in [-0.2, -0.15) is 0 Å². The first-order valence-electron chi connectivity index (χ1n) is 9.60. The Kier molecular flexibility index (Phi) is 5.02. The highest BCUT2D eigenvalue weighted by Gasteiger charge is 2.27. The molecular formula is C22H25FN2O. The first-order valence-corrected chi connectivity index (χ1v) is 9.60. The van der Waals surface area contributed by atoms with E-state index in [0.29, 0.717) is 0 Å². The van der Waals surface area contributed by atoms with Crippen LogP contribution in [0.25, 0.3) is 11.1 Å². The normalized spacial score (nSPS) is 19.0. The maximum atomic E-state index is 13.1. The van der Waals surface area contributed by atoms with Crippen LogP contribution in [0.1, 0.15) is 36.0 Å². The van der Waals surface area contributed by atoms with E-state index in [1.807, 2.05) is 29.2 Å². The van der Waals surface area contributed by atoms with Gasteiger partial charge >= 0.3 is 0 Å². The highest BCUT2D eigenvalue weighted by Crippen LogP contribution is 2.26. The summed E-state index contributed by atoms with van der Waals surface area (Å²) in [5, 5.41) is 0. The van der Waals surface area contributed by atoms with Crippen LogP contribution in [0.15, 0.2) is 48.5 Å². The van der Waals surface area contributed by atoms with Crippen LogP contribution in [-0.4, -0.2) is 47.9 Å². The summed E-state index contributed by atoms with van der Waals surface area (Å²) in [5.74, 6) is -0.122. The number of rotatable bonds is 3. The van der Waals surface area contributed by atoms with Crippen molar-refractivity contribution in [1.29, 1.82) is 0 Å². The van der Waals surface area contributed by atoms with Gasteiger partial charge in [0.05, 0.1) is 0 Å². The van der Waals surface area contributed by atoms with E-state index in [2.05, 4.69) is 4.90 Å². The standard InChI is InChI=1S/C22H25FN2O/c23-20-11-9-18(10-12-20)17-5-7-19(8-6-17)22(26)25-14-2-13-24(15-16-25)21-3-1-4-21/h5-12,21H,1-4,13-16H2. The maximum Gasteiger partial charge on any atom is 0.253 e. The van der Waals surface area contributed by atoms with Crippen molar-refractivity contribution in [2.45, 2.75) is 31.7 Å². The molecule has 4 rings (SSSR count). The molecule has 2 aromatic rings. The van der Waals surface area contributed by atoms with Gasteiger partial charge in [0.2, 0.25) is 0 Å². The number of halogens is 1. The molecule has 136 valence electrons. The zero-order valence-corrected chi connectivity index (χ0v) is 15.0. The van der Waals surface area contributed by atoms with Gasteiger partial charge < -0.3 is 4.90 Å². The zero-order valence-electron chi connectivity index (χ0n) is 15.0. The quantitative estimate of drug-likeness (QED) is 0.827. The van der Waals surface area contributed by atoms with Crippen molar-refractivity contribution < 1.29 is 9.18 Å². The van der Waals surface area contributed by atoms with Gasteiger partial charge in [-0.3, -0.25) is 9.69 Å². The zero-order chi connectivity index (χ0) is 17.9. The average Bonchev–Trinajstić information content (AvgIpc) is 2.87. The summed E-state index contributed by atoms with van der Waals surface area (Å²) >= 11 is 0. The van der Waals surface area contributed by atoms with Crippen molar-refractivity contribution in [2.24, 2.45) is 0 Å². The molecule has 1 amide bonds. The molecule has 0 aromatic heterocycles. The van der Waals surface area contributed by atoms with Crippen LogP contribution in [0, 0.1) is 5.82 Å². The van der Waals surface area contributed by atoms with Crippen LogP contribution in [0.5, 0.6) is 0 Å². The molecule has 3 nitrogen and oxygen atoms in total. The van der Waals surface area contributed by atoms with E-state index in [1.165, 1.54) is 31.4 Å². The van der Waals surface area contributed by atoms with Gasteiger partial charge in [-0.25, -0.2) is 4.39 Å². The molecule has 0 atom stereocenters. The fourth-order valence-electron chi connectivity index (χ4n) is 3.89. The molecule has 1 aliphatic heterocycles. The van der Waals surface area contributed by atoms with Crippen LogP contribution in [0.4, 0.5) is 4.39 Å². The highest BCUT2D eigenvalue weighted by molar-refractivity contribution is 5.94. The van der Waals surface area contributed by atoms with Gasteiger partial charge in [0, 0.05) is 37.8 Å². The fraction of sp³-hybridized carbons (Fsp3) is 0.409. The topological polar surface area (TPSA) is 23.6 Å². The van der Waals surface area contributed by atoms with E-state index in [9.17, 15) is 9.18 Å². The van der Waals surface area contributed by atoms with Crippen molar-refractivity contribution in [2.75, 3.05) is 26.2 Å². The third-order valence-corrected chi connectivity index (χ3v) is 5.72. The largest absolute Gasteiger partial charge is 0.337 e. The van der Waals surface area contributed by atoms with Crippen LogP contribution < -0.4 is 0 Å². The third kappa shape index (κ3) is 3.65. The second-order valence-corrected chi connectivity index (χ2v) is 7.35. The Labute approximate surface area is 154 Å². The lowest BCUT2D eigenvalue weighted by molar-refractivity contribution is 0.0749. The SMILES string of the molecule is O=C(c1ccc(-c2ccc(F)cc2)cc1)N1CCCN(C2CCC2)CC1. The van der Waals surface area contributed by atoms with Crippen molar-refractivity contribution in [3.63, 3.8) is 0 Å². The molecule has 4 heteroatoms. The van der Waals surface area contributed by atoms with Gasteiger partial charge in [-0.1, -0.05) is 30.7 Å². The molecule has 1 saturated carbocycles. The molecule has 2 aromatic carbocycles. The summed E-state index contributed by atoms with van der Waals surface area (Å²) in [7, 11) is 0. The lowest BCUT2D eigenvalue weighted by Gasteiger charge is -2.36. The number of amides is 1. The van der Waals surface area contributed by atoms with Gasteiger partial charge in [0.1, 0.15) is 5.82 Å². The van der Waals surface area contributed by atoms with Crippen molar-refractivity contribution in [3.8, 4) is 11.1 Å². The molecule has 0 N–H and O–H groups in total. The summed E-state index contributed by atoms with van der Waals surface area (Å²) in [6, 6.07) is 14.8. The molecule has 2 fully saturated rings. The highest BCUT2D eigenvalue weighted by atomic mass is 19.1. The van der Waals surface area contributed by atoms with E-state index < -0.39 is 0 Å². The van der Waals surface area contributed by atoms with Crippen molar-refractivity contribution in [1.82, 2.24) is 9.80 Å². The van der Waals surface area contributed by atoms with Crippen LogP contribution in [-0.2, 0) is 0 Å². The Hall–Kier alpha value is -2.20. The van der Waals surface area contributed by atoms with E-state index >= 15 is 0 Å². The predicted molar refractivity (Wildman–Crippen MR) is 102 cm³/mol. The van der Waals surface area contributed by atoms with Crippen molar-refractivity contribution >= 4 is 5.91 Å². The number of hydrogen-bond donors (Lipinski definition) is 0. The predicted octanol–water partition coefficient (Wildman–Crippen LogP) is 4.19. The Morgan fingerprint density at radius 2 is 1.46 bits per heavy atom. The second-order valence-electron chi connectivity index (χ2n) is 7.35. The lowest BCUT2D eigenvalue weighted by atomic mass is 9.91. The van der Waals surface area contributed by atoms with Crippen LogP contribution in [0.2, 0.25) is 0 Å². The number of nitrogens with zero attached hydrogens (tertiary/aromatic N) is 2. The lowest BCUT2D eigenvalue weighted by Crippen LogP contribution is -2.42. The molecule has 0 unspecified atom stereocenters. The summed E-state index contributed by atoms with van der Waals surface area (Å²) in [4.78, 5) is 17.4. The molecule has 26 heavy (non-hydrogen) atoms. The summed E-state index contributed by atoms with van der Waals surface area (Å²) in [6.45, 7) is 3.75. The van der Waals surface area contributed by atoms with Gasteiger partial charge in [0.15, 0.2) is 0 Å². The minimum absolute atomic E-state index is 0.117. The number of benzene rings is 2. The molecule has 1 heterocycles. The van der Waals surface area contributed by atoms with Crippen LogP contribution in [0.3, 0.4) is 0 Å². The van der Waals surface area contributed by atoms with E-state index in [4.69, 9.17) is 0 Å². The number of carbonyl (C=O) groups excluding carboxylic acids is 1. The monoisotopic (exact) mass is 352 g/mol. The Morgan fingerprint density at radius 3 is 2.08 bits per heavy atom. The number of hydrogen-bond acceptors (Lipinski definition) is 2. The molecule has 2 aliphatic rings. The smallest absolute Gasteiger partial charge is 0.253 e. The molecule has 0 bridgehead atoms. The third-order valence-electron chi connectivity index (χ3n) is 5.72. The minimum Gasteiger partial charge on any atom is -0.337 e. The first kappa shape index (κ1) is 17.2. The Morgan fingerprint density at radius 1 is 0.808 bits per heavy atom. The summed E-state index contributed by atoms with van der Waals surface area (Å²) in [6.07, 6.45) is 5.04. The van der Waals surface area contributed by atoms with E-state index in [0.717, 1.165) is 55.3 Å². The van der Waals surface area contributed by atoms with Crippen molar-refractivity contribution in [3.05, 3.63) is 59.9 Å². The molecule has 0 spiro atoms. The van der Waals surface area contributed by atoms with Crippen LogP contribution >= 0.6 is 0 Å². The van der Waals surface area contributed by atoms with Gasteiger partial charge in [-0.05, 0) is 54.7 Å². The van der Waals surface area contributed by atoms with E-state index in [-0.39, 0.29) is 11.7 Å². The summed E-state index contributed by atoms with van der Waals surface area (Å²) < 4.78 is 13.1. The fourth-order valence-corrected chi connectivity index (χ4v) is 3.89. The Balaban J connectivity index is 1.42. The maximum absolute atomic E-state index is 13.1. The minimum atomic E-state index is -0.238. The average molecular weight is 352 g/mol. The molecule has 1 aliphatic carbocycles. The van der Waals surface area contributed by atoms with Gasteiger partial charge in [0.25, 0.3) is 5.91 Å². The van der Waals surface area contributed by atoms with E-state index in [1.54, 1.807) is 12.1 Å². The molecule has 1 saturated heterocycles. The van der Waals surface area contributed by atoms with Gasteiger partial charge in [-0.15, -0.1) is 0 Å². The Bertz CT molecular complexity index is 753. The number of carbonyl (C=O) groups is 1. The summed E-state index contributed by atoms with van der Waals surface area (Å²) in [5.41, 5.74) is 2.68. The first-order chi connectivity index (χ1) is 12.7. The molecule has 0 radical (unpaired) electrons.